The zero-order chi connectivity index (χ0) is 12.8. The van der Waals surface area contributed by atoms with E-state index in [1.807, 2.05) is 7.05 Å². The number of amides is 2. The van der Waals surface area contributed by atoms with Crippen molar-refractivity contribution >= 4 is 11.8 Å². The molecule has 0 saturated carbocycles. The highest BCUT2D eigenvalue weighted by molar-refractivity contribution is 6.04. The van der Waals surface area contributed by atoms with E-state index in [1.54, 1.807) is 13.2 Å². The lowest BCUT2D eigenvalue weighted by Gasteiger charge is -2.14. The molecule has 0 aliphatic carbocycles. The van der Waals surface area contributed by atoms with Crippen LogP contribution in [-0.4, -0.2) is 47.1 Å². The molecule has 1 aromatic heterocycles. The first-order valence-corrected chi connectivity index (χ1v) is 5.50. The monoisotopic (exact) mass is 238 g/mol. The van der Waals surface area contributed by atoms with E-state index in [1.165, 1.54) is 17.9 Å². The minimum Gasteiger partial charge on any atom is -0.320 e. The number of imide groups is 1. The summed E-state index contributed by atoms with van der Waals surface area (Å²) in [4.78, 5) is 24.7. The number of carbonyl (C=O) groups is 2. The topological polar surface area (TPSA) is 67.2 Å². The van der Waals surface area contributed by atoms with Crippen molar-refractivity contribution in [3.8, 4) is 0 Å². The van der Waals surface area contributed by atoms with Gasteiger partial charge in [-0.15, -0.1) is 0 Å². The Morgan fingerprint density at radius 2 is 2.24 bits per heavy atom. The Hall–Kier alpha value is -1.69. The molecule has 0 aliphatic rings. The predicted molar refractivity (Wildman–Crippen MR) is 63.5 cm³/mol. The summed E-state index contributed by atoms with van der Waals surface area (Å²) >= 11 is 0. The fourth-order valence-electron chi connectivity index (χ4n) is 1.42. The van der Waals surface area contributed by atoms with Gasteiger partial charge in [-0.3, -0.25) is 19.2 Å². The molecule has 0 bridgehead atoms. The maximum atomic E-state index is 11.9. The highest BCUT2D eigenvalue weighted by atomic mass is 16.2. The molecule has 94 valence electrons. The molecular formula is C11H18N4O2. The first kappa shape index (κ1) is 13.4. The first-order chi connectivity index (χ1) is 8.06. The van der Waals surface area contributed by atoms with Crippen LogP contribution in [0.5, 0.6) is 0 Å². The quantitative estimate of drug-likeness (QED) is 0.734. The molecule has 0 fully saturated rings. The van der Waals surface area contributed by atoms with Crippen LogP contribution in [0.25, 0.3) is 0 Å². The molecule has 1 aromatic rings. The van der Waals surface area contributed by atoms with Gasteiger partial charge in [0.2, 0.25) is 5.91 Å². The van der Waals surface area contributed by atoms with Crippen molar-refractivity contribution in [3.63, 3.8) is 0 Å². The van der Waals surface area contributed by atoms with Crippen molar-refractivity contribution in [2.45, 2.75) is 12.8 Å². The number of carbonyl (C=O) groups excluding carboxylic acids is 2. The molecule has 17 heavy (non-hydrogen) atoms. The molecule has 1 heterocycles. The van der Waals surface area contributed by atoms with Crippen molar-refractivity contribution in [1.82, 2.24) is 20.0 Å². The molecule has 0 saturated heterocycles. The number of hydrogen-bond donors (Lipinski definition) is 1. The van der Waals surface area contributed by atoms with Crippen LogP contribution in [0.4, 0.5) is 0 Å². The summed E-state index contributed by atoms with van der Waals surface area (Å²) in [5.41, 5.74) is 0.428. The highest BCUT2D eigenvalue weighted by Crippen LogP contribution is 2.04. The van der Waals surface area contributed by atoms with E-state index < -0.39 is 0 Å². The van der Waals surface area contributed by atoms with E-state index in [0.29, 0.717) is 12.0 Å². The Morgan fingerprint density at radius 1 is 1.53 bits per heavy atom. The number of rotatable bonds is 5. The van der Waals surface area contributed by atoms with Crippen molar-refractivity contribution in [2.75, 3.05) is 20.6 Å². The van der Waals surface area contributed by atoms with Gasteiger partial charge < -0.3 is 5.32 Å². The summed E-state index contributed by atoms with van der Waals surface area (Å²) in [6.07, 6.45) is 4.14. The van der Waals surface area contributed by atoms with E-state index in [4.69, 9.17) is 0 Å². The van der Waals surface area contributed by atoms with Crippen LogP contribution in [0, 0.1) is 0 Å². The Bertz CT molecular complexity index is 400. The van der Waals surface area contributed by atoms with Crippen LogP contribution in [0.3, 0.4) is 0 Å². The molecule has 0 spiro atoms. The summed E-state index contributed by atoms with van der Waals surface area (Å²) in [5, 5.41) is 6.86. The number of nitrogens with zero attached hydrogens (tertiary/aromatic N) is 3. The van der Waals surface area contributed by atoms with E-state index in [0.717, 1.165) is 17.9 Å². The number of hydrogen-bond acceptors (Lipinski definition) is 4. The number of aryl methyl sites for hydroxylation is 1. The van der Waals surface area contributed by atoms with Crippen LogP contribution >= 0.6 is 0 Å². The molecule has 2 amide bonds. The molecule has 0 unspecified atom stereocenters. The Kier molecular flexibility index (Phi) is 4.84. The van der Waals surface area contributed by atoms with Crippen LogP contribution in [0.1, 0.15) is 23.2 Å². The highest BCUT2D eigenvalue weighted by Gasteiger charge is 2.18. The minimum absolute atomic E-state index is 0.172. The Labute approximate surface area is 101 Å². The summed E-state index contributed by atoms with van der Waals surface area (Å²) < 4.78 is 1.53. The lowest BCUT2D eigenvalue weighted by atomic mass is 10.2. The largest absolute Gasteiger partial charge is 0.320 e. The van der Waals surface area contributed by atoms with Gasteiger partial charge in [-0.25, -0.2) is 0 Å². The zero-order valence-corrected chi connectivity index (χ0v) is 10.4. The van der Waals surface area contributed by atoms with E-state index in [-0.39, 0.29) is 11.8 Å². The van der Waals surface area contributed by atoms with Crippen molar-refractivity contribution in [3.05, 3.63) is 18.0 Å². The maximum Gasteiger partial charge on any atom is 0.263 e. The van der Waals surface area contributed by atoms with Gasteiger partial charge in [-0.1, -0.05) is 0 Å². The minimum atomic E-state index is -0.312. The standard InChI is InChI=1S/C11H18N4O2/c1-12-6-4-5-10(16)15(3)11(17)9-7-13-14(2)8-9/h7-8,12H,4-6H2,1-3H3. The third kappa shape index (κ3) is 3.67. The fraction of sp³-hybridized carbons (Fsp3) is 0.545. The summed E-state index contributed by atoms with van der Waals surface area (Å²) in [6.45, 7) is 0.765. The Balaban J connectivity index is 2.54. The second kappa shape index (κ2) is 6.15. The van der Waals surface area contributed by atoms with Crippen LogP contribution in [-0.2, 0) is 11.8 Å². The molecule has 0 atom stereocenters. The third-order valence-electron chi connectivity index (χ3n) is 2.45. The zero-order valence-electron chi connectivity index (χ0n) is 10.4. The van der Waals surface area contributed by atoms with Crippen molar-refractivity contribution < 1.29 is 9.59 Å². The normalized spacial score (nSPS) is 10.3. The van der Waals surface area contributed by atoms with Gasteiger partial charge in [0.15, 0.2) is 0 Å². The summed E-state index contributed by atoms with van der Waals surface area (Å²) in [6, 6.07) is 0. The smallest absolute Gasteiger partial charge is 0.263 e. The van der Waals surface area contributed by atoms with Gasteiger partial charge in [0.25, 0.3) is 5.91 Å². The second-order valence-electron chi connectivity index (χ2n) is 3.87. The average molecular weight is 238 g/mol. The van der Waals surface area contributed by atoms with Gasteiger partial charge in [0.1, 0.15) is 0 Å². The molecule has 0 aromatic carbocycles. The molecule has 1 rings (SSSR count). The molecule has 0 aliphatic heterocycles. The van der Waals surface area contributed by atoms with E-state index >= 15 is 0 Å². The molecular weight excluding hydrogens is 220 g/mol. The predicted octanol–water partition coefficient (Wildman–Crippen LogP) is 0.0183. The van der Waals surface area contributed by atoms with Crippen LogP contribution < -0.4 is 5.32 Å². The third-order valence-corrected chi connectivity index (χ3v) is 2.45. The van der Waals surface area contributed by atoms with Gasteiger partial charge in [-0.2, -0.15) is 5.10 Å². The molecule has 1 N–H and O–H groups in total. The van der Waals surface area contributed by atoms with Gasteiger partial charge in [-0.05, 0) is 20.0 Å². The fourth-order valence-corrected chi connectivity index (χ4v) is 1.42. The van der Waals surface area contributed by atoms with Crippen LogP contribution in [0.2, 0.25) is 0 Å². The number of aromatic nitrogens is 2. The summed E-state index contributed by atoms with van der Waals surface area (Å²) in [7, 11) is 5.05. The van der Waals surface area contributed by atoms with E-state index in [9.17, 15) is 9.59 Å². The van der Waals surface area contributed by atoms with Crippen molar-refractivity contribution in [1.29, 1.82) is 0 Å². The van der Waals surface area contributed by atoms with Gasteiger partial charge >= 0.3 is 0 Å². The summed E-state index contributed by atoms with van der Waals surface area (Å²) in [5.74, 6) is -0.485. The molecule has 6 nitrogen and oxygen atoms in total. The van der Waals surface area contributed by atoms with Gasteiger partial charge in [0.05, 0.1) is 11.8 Å². The second-order valence-corrected chi connectivity index (χ2v) is 3.87. The number of nitrogens with one attached hydrogen (secondary N) is 1. The lowest BCUT2D eigenvalue weighted by Crippen LogP contribution is -2.33. The lowest BCUT2D eigenvalue weighted by molar-refractivity contribution is -0.127. The molecule has 0 radical (unpaired) electrons. The Morgan fingerprint density at radius 3 is 2.76 bits per heavy atom. The average Bonchev–Trinajstić information content (AvgIpc) is 2.74. The van der Waals surface area contributed by atoms with Crippen LogP contribution in [0.15, 0.2) is 12.4 Å². The van der Waals surface area contributed by atoms with Crippen molar-refractivity contribution in [2.24, 2.45) is 7.05 Å². The maximum absolute atomic E-state index is 11.9. The van der Waals surface area contributed by atoms with E-state index in [2.05, 4.69) is 10.4 Å². The first-order valence-electron chi connectivity index (χ1n) is 5.50. The molecule has 6 heteroatoms. The SMILES string of the molecule is CNCCCC(=O)N(C)C(=O)c1cnn(C)c1. The van der Waals surface area contributed by atoms with Gasteiger partial charge in [0, 0.05) is 26.7 Å².